The van der Waals surface area contributed by atoms with E-state index in [1.54, 1.807) is 0 Å². The van der Waals surface area contributed by atoms with Gasteiger partial charge in [0.25, 0.3) is 0 Å². The lowest BCUT2D eigenvalue weighted by Crippen LogP contribution is -2.22. The maximum Gasteiger partial charge on any atom is 0.142 e. The fraction of sp³-hybridized carbons (Fsp3) is 0.545. The van der Waals surface area contributed by atoms with E-state index < -0.39 is 0 Å². The number of aromatic nitrogens is 1. The smallest absolute Gasteiger partial charge is 0.142 e. The van der Waals surface area contributed by atoms with Crippen molar-refractivity contribution in [1.82, 2.24) is 4.98 Å². The van der Waals surface area contributed by atoms with E-state index in [9.17, 15) is 0 Å². The molecule has 0 saturated carbocycles. The van der Waals surface area contributed by atoms with Crippen LogP contribution >= 0.6 is 27.5 Å². The molecule has 84 valence electrons. The van der Waals surface area contributed by atoms with Crippen LogP contribution < -0.4 is 4.90 Å². The molecule has 1 unspecified atom stereocenters. The number of hydrogen-bond donors (Lipinski definition) is 0. The van der Waals surface area contributed by atoms with Gasteiger partial charge in [-0.3, -0.25) is 0 Å². The molecular weight excluding hydrogens is 275 g/mol. The second-order valence-electron chi connectivity index (χ2n) is 3.81. The lowest BCUT2D eigenvalue weighted by molar-refractivity contribution is 0.764. The van der Waals surface area contributed by atoms with Gasteiger partial charge >= 0.3 is 0 Å². The molecule has 1 heterocycles. The molecule has 1 rings (SSSR count). The van der Waals surface area contributed by atoms with Crippen molar-refractivity contribution in [2.45, 2.75) is 25.6 Å². The van der Waals surface area contributed by atoms with Gasteiger partial charge in [0.1, 0.15) is 5.82 Å². The van der Waals surface area contributed by atoms with Crippen molar-refractivity contribution >= 4 is 33.3 Å². The van der Waals surface area contributed by atoms with Crippen LogP contribution in [-0.2, 0) is 0 Å². The second kappa shape index (κ2) is 5.71. The van der Waals surface area contributed by atoms with Crippen LogP contribution in [0.5, 0.6) is 0 Å². The van der Waals surface area contributed by atoms with E-state index in [0.29, 0.717) is 0 Å². The first-order valence-electron chi connectivity index (χ1n) is 4.98. The van der Waals surface area contributed by atoms with E-state index in [0.717, 1.165) is 28.8 Å². The van der Waals surface area contributed by atoms with Gasteiger partial charge in [-0.25, -0.2) is 4.98 Å². The summed E-state index contributed by atoms with van der Waals surface area (Å²) in [6.07, 6.45) is 2.83. The monoisotopic (exact) mass is 290 g/mol. The van der Waals surface area contributed by atoms with Gasteiger partial charge in [0.05, 0.1) is 4.47 Å². The molecule has 0 N–H and O–H groups in total. The standard InChI is InChI=1S/C11H16BrClN2/c1-8-6-10(12)11(14-7-8)15(3)5-4-9(2)13/h6-7,9H,4-5H2,1-3H3. The minimum Gasteiger partial charge on any atom is -0.359 e. The predicted octanol–water partition coefficient (Wildman–Crippen LogP) is 3.61. The van der Waals surface area contributed by atoms with E-state index in [4.69, 9.17) is 11.6 Å². The molecule has 0 radical (unpaired) electrons. The van der Waals surface area contributed by atoms with Gasteiger partial charge in [-0.2, -0.15) is 0 Å². The molecule has 0 fully saturated rings. The first-order valence-corrected chi connectivity index (χ1v) is 6.21. The highest BCUT2D eigenvalue weighted by atomic mass is 79.9. The van der Waals surface area contributed by atoms with Crippen LogP contribution in [0.15, 0.2) is 16.7 Å². The summed E-state index contributed by atoms with van der Waals surface area (Å²) < 4.78 is 1.03. The largest absolute Gasteiger partial charge is 0.359 e. The average Bonchev–Trinajstić information content (AvgIpc) is 2.14. The van der Waals surface area contributed by atoms with E-state index in [2.05, 4.69) is 31.9 Å². The lowest BCUT2D eigenvalue weighted by Gasteiger charge is -2.20. The number of alkyl halides is 1. The summed E-state index contributed by atoms with van der Waals surface area (Å²) >= 11 is 9.43. The Kier molecular flexibility index (Phi) is 4.87. The molecule has 0 spiro atoms. The first kappa shape index (κ1) is 12.8. The van der Waals surface area contributed by atoms with Crippen LogP contribution in [-0.4, -0.2) is 24.0 Å². The maximum absolute atomic E-state index is 5.92. The Morgan fingerprint density at radius 2 is 2.27 bits per heavy atom. The van der Waals surface area contributed by atoms with Gasteiger partial charge < -0.3 is 4.90 Å². The van der Waals surface area contributed by atoms with Crippen molar-refractivity contribution in [3.63, 3.8) is 0 Å². The van der Waals surface area contributed by atoms with Crippen LogP contribution in [0.3, 0.4) is 0 Å². The molecule has 0 aliphatic carbocycles. The Morgan fingerprint density at radius 1 is 1.60 bits per heavy atom. The molecule has 1 aromatic heterocycles. The number of halogens is 2. The fourth-order valence-electron chi connectivity index (χ4n) is 1.28. The zero-order chi connectivity index (χ0) is 11.4. The number of anilines is 1. The van der Waals surface area contributed by atoms with Crippen LogP contribution in [0.2, 0.25) is 0 Å². The molecule has 0 aliphatic rings. The van der Waals surface area contributed by atoms with Gasteiger partial charge in [0, 0.05) is 25.2 Å². The summed E-state index contributed by atoms with van der Waals surface area (Å²) in [6, 6.07) is 2.07. The third kappa shape index (κ3) is 3.99. The minimum atomic E-state index is 0.205. The first-order chi connectivity index (χ1) is 7.00. The van der Waals surface area contributed by atoms with E-state index >= 15 is 0 Å². The summed E-state index contributed by atoms with van der Waals surface area (Å²) in [5, 5.41) is 0.205. The molecule has 4 heteroatoms. The number of aryl methyl sites for hydroxylation is 1. The van der Waals surface area contributed by atoms with E-state index in [-0.39, 0.29) is 5.38 Å². The molecule has 0 amide bonds. The van der Waals surface area contributed by atoms with Crippen molar-refractivity contribution < 1.29 is 0 Å². The molecule has 2 nitrogen and oxygen atoms in total. The Hall–Kier alpha value is -0.280. The molecule has 0 aromatic carbocycles. The Labute approximate surface area is 105 Å². The molecule has 0 bridgehead atoms. The summed E-state index contributed by atoms with van der Waals surface area (Å²) in [7, 11) is 2.03. The Bertz CT molecular complexity index is 328. The minimum absolute atomic E-state index is 0.205. The van der Waals surface area contributed by atoms with Crippen LogP contribution in [0.25, 0.3) is 0 Å². The zero-order valence-corrected chi connectivity index (χ0v) is 11.6. The molecule has 0 aliphatic heterocycles. The second-order valence-corrected chi connectivity index (χ2v) is 5.41. The third-order valence-corrected chi connectivity index (χ3v) is 2.98. The Morgan fingerprint density at radius 3 is 2.80 bits per heavy atom. The SMILES string of the molecule is Cc1cnc(N(C)CCC(C)Cl)c(Br)c1. The molecule has 0 saturated heterocycles. The van der Waals surface area contributed by atoms with Crippen molar-refractivity contribution in [3.05, 3.63) is 22.3 Å². The number of hydrogen-bond acceptors (Lipinski definition) is 2. The topological polar surface area (TPSA) is 16.1 Å². The van der Waals surface area contributed by atoms with E-state index in [1.165, 1.54) is 0 Å². The van der Waals surface area contributed by atoms with Crippen molar-refractivity contribution in [3.8, 4) is 0 Å². The highest BCUT2D eigenvalue weighted by Gasteiger charge is 2.08. The van der Waals surface area contributed by atoms with Crippen molar-refractivity contribution in [2.75, 3.05) is 18.5 Å². The molecule has 15 heavy (non-hydrogen) atoms. The van der Waals surface area contributed by atoms with Gasteiger partial charge in [-0.1, -0.05) is 0 Å². The van der Waals surface area contributed by atoms with Gasteiger partial charge in [0.2, 0.25) is 0 Å². The van der Waals surface area contributed by atoms with Crippen molar-refractivity contribution in [2.24, 2.45) is 0 Å². The summed E-state index contributed by atoms with van der Waals surface area (Å²) in [5.74, 6) is 0.970. The number of nitrogens with zero attached hydrogens (tertiary/aromatic N) is 2. The number of rotatable bonds is 4. The predicted molar refractivity (Wildman–Crippen MR) is 69.9 cm³/mol. The van der Waals surface area contributed by atoms with Gasteiger partial charge in [-0.15, -0.1) is 11.6 Å². The zero-order valence-electron chi connectivity index (χ0n) is 9.30. The molecular formula is C11H16BrClN2. The summed E-state index contributed by atoms with van der Waals surface area (Å²) in [5.41, 5.74) is 1.16. The average molecular weight is 292 g/mol. The quantitative estimate of drug-likeness (QED) is 0.788. The molecule has 1 atom stereocenters. The molecule has 1 aromatic rings. The third-order valence-electron chi connectivity index (χ3n) is 2.18. The van der Waals surface area contributed by atoms with Gasteiger partial charge in [0.15, 0.2) is 0 Å². The van der Waals surface area contributed by atoms with Crippen LogP contribution in [0.4, 0.5) is 5.82 Å². The summed E-state index contributed by atoms with van der Waals surface area (Å²) in [6.45, 7) is 4.95. The normalized spacial score (nSPS) is 12.6. The Balaban J connectivity index is 2.69. The highest BCUT2D eigenvalue weighted by molar-refractivity contribution is 9.10. The van der Waals surface area contributed by atoms with E-state index in [1.807, 2.05) is 27.1 Å². The van der Waals surface area contributed by atoms with Crippen LogP contribution in [0, 0.1) is 6.92 Å². The van der Waals surface area contributed by atoms with Gasteiger partial charge in [-0.05, 0) is 47.8 Å². The lowest BCUT2D eigenvalue weighted by atomic mass is 10.3. The summed E-state index contributed by atoms with van der Waals surface area (Å²) in [4.78, 5) is 6.51. The fourth-order valence-corrected chi connectivity index (χ4v) is 2.15. The van der Waals surface area contributed by atoms with Crippen molar-refractivity contribution in [1.29, 1.82) is 0 Å². The number of pyridine rings is 1. The maximum atomic E-state index is 5.92. The highest BCUT2D eigenvalue weighted by Crippen LogP contribution is 2.23. The van der Waals surface area contributed by atoms with Crippen LogP contribution in [0.1, 0.15) is 18.9 Å².